The van der Waals surface area contributed by atoms with Gasteiger partial charge in [0.25, 0.3) is 0 Å². The largest absolute Gasteiger partial charge is 0.316 e. The van der Waals surface area contributed by atoms with Crippen molar-refractivity contribution in [3.8, 4) is 0 Å². The van der Waals surface area contributed by atoms with Gasteiger partial charge in [-0.1, -0.05) is 13.8 Å². The van der Waals surface area contributed by atoms with Crippen molar-refractivity contribution in [1.29, 1.82) is 0 Å². The summed E-state index contributed by atoms with van der Waals surface area (Å²) in [5, 5.41) is 5.62. The maximum atomic E-state index is 3.41. The van der Waals surface area contributed by atoms with Crippen LogP contribution in [0.2, 0.25) is 0 Å². The number of hydrogen-bond acceptors (Lipinski definition) is 2. The molecule has 0 amide bonds. The quantitative estimate of drug-likeness (QED) is 0.789. The lowest BCUT2D eigenvalue weighted by molar-refractivity contribution is 0.0770. The number of rotatable bonds is 2. The standard InChI is InChI=1S/C12H19NS/c1-8-5-6-14-11(8)9-7-10(13-4)12(9,2)3/h5-6,9-10,13H,7H2,1-4H3. The molecule has 1 aromatic heterocycles. The van der Waals surface area contributed by atoms with E-state index in [9.17, 15) is 0 Å². The fourth-order valence-electron chi connectivity index (χ4n) is 2.60. The normalized spacial score (nSPS) is 30.0. The maximum absolute atomic E-state index is 3.41. The van der Waals surface area contributed by atoms with Crippen LogP contribution in [0.4, 0.5) is 0 Å². The van der Waals surface area contributed by atoms with Crippen LogP contribution in [-0.2, 0) is 0 Å². The Morgan fingerprint density at radius 2 is 2.21 bits per heavy atom. The van der Waals surface area contributed by atoms with Crippen LogP contribution in [0.5, 0.6) is 0 Å². The van der Waals surface area contributed by atoms with Crippen LogP contribution in [0, 0.1) is 12.3 Å². The molecule has 1 saturated carbocycles. The van der Waals surface area contributed by atoms with Crippen molar-refractivity contribution < 1.29 is 0 Å². The minimum Gasteiger partial charge on any atom is -0.316 e. The third kappa shape index (κ3) is 1.32. The lowest BCUT2D eigenvalue weighted by Gasteiger charge is -2.52. The molecule has 1 aromatic rings. The molecule has 2 unspecified atom stereocenters. The van der Waals surface area contributed by atoms with Crippen molar-refractivity contribution in [3.63, 3.8) is 0 Å². The van der Waals surface area contributed by atoms with E-state index in [0.29, 0.717) is 11.5 Å². The van der Waals surface area contributed by atoms with Crippen molar-refractivity contribution in [1.82, 2.24) is 5.32 Å². The Balaban J connectivity index is 2.21. The first-order valence-electron chi connectivity index (χ1n) is 5.28. The summed E-state index contributed by atoms with van der Waals surface area (Å²) in [6, 6.07) is 2.93. The van der Waals surface area contributed by atoms with E-state index in [1.54, 1.807) is 4.88 Å². The smallest absolute Gasteiger partial charge is 0.0128 e. The zero-order chi connectivity index (χ0) is 10.3. The zero-order valence-electron chi connectivity index (χ0n) is 9.42. The van der Waals surface area contributed by atoms with Gasteiger partial charge in [-0.25, -0.2) is 0 Å². The predicted octanol–water partition coefficient (Wildman–Crippen LogP) is 3.16. The molecule has 1 nitrogen and oxygen atoms in total. The Morgan fingerprint density at radius 3 is 2.64 bits per heavy atom. The summed E-state index contributed by atoms with van der Waals surface area (Å²) in [5.74, 6) is 0.764. The highest BCUT2D eigenvalue weighted by atomic mass is 32.1. The average Bonchev–Trinajstić information content (AvgIpc) is 2.51. The summed E-state index contributed by atoms with van der Waals surface area (Å²) in [5.41, 5.74) is 1.90. The van der Waals surface area contributed by atoms with Crippen molar-refractivity contribution >= 4 is 11.3 Å². The molecule has 1 aliphatic rings. The van der Waals surface area contributed by atoms with Crippen molar-refractivity contribution in [2.24, 2.45) is 5.41 Å². The van der Waals surface area contributed by atoms with Gasteiger partial charge in [0.1, 0.15) is 0 Å². The molecule has 2 rings (SSSR count). The maximum Gasteiger partial charge on any atom is 0.0128 e. The Kier molecular flexibility index (Phi) is 2.44. The lowest BCUT2D eigenvalue weighted by Crippen LogP contribution is -2.54. The number of aryl methyl sites for hydroxylation is 1. The SMILES string of the molecule is CNC1CC(c2sccc2C)C1(C)C. The van der Waals surface area contributed by atoms with Crippen LogP contribution in [-0.4, -0.2) is 13.1 Å². The van der Waals surface area contributed by atoms with Gasteiger partial charge in [0.05, 0.1) is 0 Å². The minimum absolute atomic E-state index is 0.421. The molecule has 2 atom stereocenters. The van der Waals surface area contributed by atoms with Gasteiger partial charge in [0.15, 0.2) is 0 Å². The summed E-state index contributed by atoms with van der Waals surface area (Å²) in [4.78, 5) is 1.60. The predicted molar refractivity (Wildman–Crippen MR) is 63.0 cm³/mol. The minimum atomic E-state index is 0.421. The monoisotopic (exact) mass is 209 g/mol. The van der Waals surface area contributed by atoms with Gasteiger partial charge in [-0.15, -0.1) is 11.3 Å². The second-order valence-corrected chi connectivity index (χ2v) is 5.87. The van der Waals surface area contributed by atoms with Gasteiger partial charge in [0, 0.05) is 16.8 Å². The molecule has 78 valence electrons. The van der Waals surface area contributed by atoms with Crippen LogP contribution >= 0.6 is 11.3 Å². The van der Waals surface area contributed by atoms with E-state index in [2.05, 4.69) is 44.6 Å². The van der Waals surface area contributed by atoms with Crippen molar-refractivity contribution in [2.75, 3.05) is 7.05 Å². The first-order chi connectivity index (χ1) is 6.57. The van der Waals surface area contributed by atoms with Crippen LogP contribution in [0.25, 0.3) is 0 Å². The molecule has 0 spiro atoms. The zero-order valence-corrected chi connectivity index (χ0v) is 10.2. The lowest BCUT2D eigenvalue weighted by atomic mass is 9.58. The van der Waals surface area contributed by atoms with E-state index in [-0.39, 0.29) is 0 Å². The van der Waals surface area contributed by atoms with Crippen molar-refractivity contribution in [2.45, 2.75) is 39.2 Å². The molecule has 2 heteroatoms. The molecule has 0 aromatic carbocycles. The molecular weight excluding hydrogens is 190 g/mol. The van der Waals surface area contributed by atoms with E-state index in [0.717, 1.165) is 5.92 Å². The number of nitrogens with one attached hydrogen (secondary N) is 1. The van der Waals surface area contributed by atoms with Gasteiger partial charge in [0.2, 0.25) is 0 Å². The summed E-state index contributed by atoms with van der Waals surface area (Å²) < 4.78 is 0. The van der Waals surface area contributed by atoms with Gasteiger partial charge in [-0.05, 0) is 42.8 Å². The first kappa shape index (κ1) is 10.2. The molecule has 0 radical (unpaired) electrons. The Morgan fingerprint density at radius 1 is 1.50 bits per heavy atom. The van der Waals surface area contributed by atoms with Crippen LogP contribution in [0.15, 0.2) is 11.4 Å². The fourth-order valence-corrected chi connectivity index (χ4v) is 3.84. The summed E-state index contributed by atoms with van der Waals surface area (Å²) >= 11 is 1.92. The number of thiophene rings is 1. The molecule has 0 bridgehead atoms. The van der Waals surface area contributed by atoms with E-state index in [1.165, 1.54) is 12.0 Å². The van der Waals surface area contributed by atoms with Gasteiger partial charge in [-0.2, -0.15) is 0 Å². The number of hydrogen-bond donors (Lipinski definition) is 1. The summed E-state index contributed by atoms with van der Waals surface area (Å²) in [7, 11) is 2.07. The van der Waals surface area contributed by atoms with E-state index >= 15 is 0 Å². The van der Waals surface area contributed by atoms with E-state index in [4.69, 9.17) is 0 Å². The highest BCUT2D eigenvalue weighted by Crippen LogP contribution is 2.54. The third-order valence-electron chi connectivity index (χ3n) is 3.83. The van der Waals surface area contributed by atoms with Gasteiger partial charge < -0.3 is 5.32 Å². The van der Waals surface area contributed by atoms with Crippen LogP contribution in [0.3, 0.4) is 0 Å². The second kappa shape index (κ2) is 3.35. The van der Waals surface area contributed by atoms with Gasteiger partial charge in [-0.3, -0.25) is 0 Å². The molecule has 1 heterocycles. The Bertz CT molecular complexity index is 327. The molecule has 0 saturated heterocycles. The molecule has 1 aliphatic carbocycles. The molecular formula is C12H19NS. The van der Waals surface area contributed by atoms with Crippen LogP contribution < -0.4 is 5.32 Å². The van der Waals surface area contributed by atoms with Crippen molar-refractivity contribution in [3.05, 3.63) is 21.9 Å². The molecule has 0 aliphatic heterocycles. The average molecular weight is 209 g/mol. The Labute approximate surface area is 90.5 Å². The highest BCUT2D eigenvalue weighted by Gasteiger charge is 2.48. The third-order valence-corrected chi connectivity index (χ3v) is 4.97. The van der Waals surface area contributed by atoms with E-state index < -0.39 is 0 Å². The second-order valence-electron chi connectivity index (χ2n) is 4.92. The first-order valence-corrected chi connectivity index (χ1v) is 6.16. The van der Waals surface area contributed by atoms with Crippen LogP contribution in [0.1, 0.15) is 36.6 Å². The summed E-state index contributed by atoms with van der Waals surface area (Å²) in [6.07, 6.45) is 1.30. The molecule has 14 heavy (non-hydrogen) atoms. The molecule has 1 fully saturated rings. The highest BCUT2D eigenvalue weighted by molar-refractivity contribution is 7.10. The fraction of sp³-hybridized carbons (Fsp3) is 0.667. The Hall–Kier alpha value is -0.340. The summed E-state index contributed by atoms with van der Waals surface area (Å²) in [6.45, 7) is 6.98. The van der Waals surface area contributed by atoms with Gasteiger partial charge >= 0.3 is 0 Å². The molecule has 1 N–H and O–H groups in total. The topological polar surface area (TPSA) is 12.0 Å². The van der Waals surface area contributed by atoms with E-state index in [1.807, 2.05) is 11.3 Å².